The second-order valence-corrected chi connectivity index (χ2v) is 2.37. The summed E-state index contributed by atoms with van der Waals surface area (Å²) in [7, 11) is 0. The Kier molecular flexibility index (Phi) is 2.55. The van der Waals surface area contributed by atoms with Gasteiger partial charge in [-0.15, -0.1) is 0 Å². The summed E-state index contributed by atoms with van der Waals surface area (Å²) >= 11 is 0. The summed E-state index contributed by atoms with van der Waals surface area (Å²) in [6.07, 6.45) is 1.55. The number of hydrogen-bond acceptors (Lipinski definition) is 2. The maximum Gasteiger partial charge on any atom is 0.0982 e. The third-order valence-corrected chi connectivity index (χ3v) is 1.42. The first-order valence-corrected chi connectivity index (χ1v) is 3.45. The quantitative estimate of drug-likeness (QED) is 0.627. The minimum Gasteiger partial charge on any atom is -0.514 e. The van der Waals surface area contributed by atoms with Crippen molar-refractivity contribution in [3.8, 4) is 0 Å². The normalized spacial score (nSPS) is 11.5. The summed E-state index contributed by atoms with van der Waals surface area (Å²) in [5.41, 5.74) is 7.01. The molecule has 1 rings (SSSR count). The minimum atomic E-state index is 0.483. The Morgan fingerprint density at radius 2 is 2.00 bits per heavy atom. The van der Waals surface area contributed by atoms with E-state index in [9.17, 15) is 0 Å². The van der Waals surface area contributed by atoms with E-state index in [0.29, 0.717) is 12.1 Å². The number of benzene rings is 1. The molecule has 0 bridgehead atoms. The molecule has 3 N–H and O–H groups in total. The number of aliphatic hydroxyl groups excluding tert-OH is 1. The average Bonchev–Trinajstić information content (AvgIpc) is 2.06. The molecule has 0 spiro atoms. The van der Waals surface area contributed by atoms with E-state index in [0.717, 1.165) is 11.8 Å². The van der Waals surface area contributed by atoms with Crippen LogP contribution in [0.4, 0.5) is 0 Å². The van der Waals surface area contributed by atoms with Crippen molar-refractivity contribution in [2.75, 3.05) is 0 Å². The lowest BCUT2D eigenvalue weighted by atomic mass is 10.1. The van der Waals surface area contributed by atoms with Crippen LogP contribution in [0.15, 0.2) is 42.3 Å². The van der Waals surface area contributed by atoms with E-state index in [1.807, 2.05) is 30.3 Å². The third-order valence-electron chi connectivity index (χ3n) is 1.42. The van der Waals surface area contributed by atoms with Gasteiger partial charge in [-0.05, 0) is 5.56 Å². The van der Waals surface area contributed by atoms with Crippen molar-refractivity contribution < 1.29 is 5.11 Å². The molecule has 0 atom stereocenters. The summed E-state index contributed by atoms with van der Waals surface area (Å²) in [4.78, 5) is 0. The van der Waals surface area contributed by atoms with E-state index in [1.165, 1.54) is 0 Å². The molecule has 0 amide bonds. The van der Waals surface area contributed by atoms with Crippen molar-refractivity contribution in [2.24, 2.45) is 5.73 Å². The zero-order chi connectivity index (χ0) is 8.10. The number of hydrogen-bond donors (Lipinski definition) is 2. The lowest BCUT2D eigenvalue weighted by Gasteiger charge is -1.98. The second-order valence-electron chi connectivity index (χ2n) is 2.37. The van der Waals surface area contributed by atoms with Crippen LogP contribution in [0.5, 0.6) is 0 Å². The minimum absolute atomic E-state index is 0.483. The highest BCUT2D eigenvalue weighted by molar-refractivity contribution is 5.19. The zero-order valence-corrected chi connectivity index (χ0v) is 6.20. The van der Waals surface area contributed by atoms with Gasteiger partial charge in [-0.3, -0.25) is 0 Å². The molecule has 0 saturated carbocycles. The topological polar surface area (TPSA) is 46.2 Å². The van der Waals surface area contributed by atoms with Gasteiger partial charge in [0.25, 0.3) is 0 Å². The van der Waals surface area contributed by atoms with Gasteiger partial charge in [0.15, 0.2) is 0 Å². The standard InChI is InChI=1S/C9H11NO/c10-9(7-11)6-8-4-2-1-3-5-8/h1-5,7,11H,6,10H2. The highest BCUT2D eigenvalue weighted by Gasteiger charge is 1.92. The van der Waals surface area contributed by atoms with Crippen LogP contribution in [0.3, 0.4) is 0 Å². The lowest BCUT2D eigenvalue weighted by molar-refractivity contribution is 0.464. The molecule has 1 aromatic carbocycles. The smallest absolute Gasteiger partial charge is 0.0982 e. The molecule has 0 fully saturated rings. The average molecular weight is 149 g/mol. The lowest BCUT2D eigenvalue weighted by Crippen LogP contribution is -2.00. The summed E-state index contributed by atoms with van der Waals surface area (Å²) in [6.45, 7) is 0. The van der Waals surface area contributed by atoms with Crippen LogP contribution in [-0.2, 0) is 6.42 Å². The molecule has 0 unspecified atom stereocenters. The monoisotopic (exact) mass is 149 g/mol. The highest BCUT2D eigenvalue weighted by atomic mass is 16.2. The van der Waals surface area contributed by atoms with Gasteiger partial charge in [-0.1, -0.05) is 30.3 Å². The zero-order valence-electron chi connectivity index (χ0n) is 6.20. The van der Waals surface area contributed by atoms with E-state index in [-0.39, 0.29) is 0 Å². The highest BCUT2D eigenvalue weighted by Crippen LogP contribution is 2.02. The molecule has 0 aliphatic heterocycles. The number of allylic oxidation sites excluding steroid dienone is 1. The van der Waals surface area contributed by atoms with Crippen molar-refractivity contribution in [1.82, 2.24) is 0 Å². The fourth-order valence-electron chi connectivity index (χ4n) is 0.877. The second kappa shape index (κ2) is 3.66. The third kappa shape index (κ3) is 2.34. The fraction of sp³-hybridized carbons (Fsp3) is 0.111. The predicted molar refractivity (Wildman–Crippen MR) is 45.0 cm³/mol. The first-order chi connectivity index (χ1) is 5.33. The van der Waals surface area contributed by atoms with Gasteiger partial charge in [-0.2, -0.15) is 0 Å². The number of nitrogens with two attached hydrogens (primary N) is 1. The van der Waals surface area contributed by atoms with Gasteiger partial charge in [0.2, 0.25) is 0 Å². The first kappa shape index (κ1) is 7.66. The molecule has 0 saturated heterocycles. The van der Waals surface area contributed by atoms with E-state index in [2.05, 4.69) is 0 Å². The Labute approximate surface area is 66.0 Å². The Hall–Kier alpha value is -1.44. The molecule has 0 heterocycles. The van der Waals surface area contributed by atoms with Crippen molar-refractivity contribution in [3.63, 3.8) is 0 Å². The molecule has 0 aliphatic carbocycles. The first-order valence-electron chi connectivity index (χ1n) is 3.45. The Morgan fingerprint density at radius 3 is 2.55 bits per heavy atom. The molecule has 0 aromatic heterocycles. The van der Waals surface area contributed by atoms with Crippen LogP contribution >= 0.6 is 0 Å². The van der Waals surface area contributed by atoms with Crippen molar-refractivity contribution >= 4 is 0 Å². The van der Waals surface area contributed by atoms with Gasteiger partial charge in [-0.25, -0.2) is 0 Å². The summed E-state index contributed by atoms with van der Waals surface area (Å²) < 4.78 is 0. The summed E-state index contributed by atoms with van der Waals surface area (Å²) in [5, 5.41) is 8.51. The van der Waals surface area contributed by atoms with Crippen molar-refractivity contribution in [2.45, 2.75) is 6.42 Å². The Bertz CT molecular complexity index is 241. The molecule has 2 nitrogen and oxygen atoms in total. The van der Waals surface area contributed by atoms with Crippen LogP contribution in [-0.4, -0.2) is 5.11 Å². The van der Waals surface area contributed by atoms with E-state index >= 15 is 0 Å². The molecule has 0 aliphatic rings. The molecule has 1 aromatic rings. The maximum absolute atomic E-state index is 8.51. The van der Waals surface area contributed by atoms with E-state index in [1.54, 1.807) is 0 Å². The Morgan fingerprint density at radius 1 is 1.36 bits per heavy atom. The van der Waals surface area contributed by atoms with Gasteiger partial charge in [0.05, 0.1) is 6.26 Å². The van der Waals surface area contributed by atoms with E-state index in [4.69, 9.17) is 10.8 Å². The molecule has 11 heavy (non-hydrogen) atoms. The molecule has 2 heteroatoms. The Balaban J connectivity index is 2.65. The SMILES string of the molecule is NC(=CO)Cc1ccccc1. The summed E-state index contributed by atoms with van der Waals surface area (Å²) in [6, 6.07) is 9.77. The van der Waals surface area contributed by atoms with Crippen LogP contribution in [0.25, 0.3) is 0 Å². The largest absolute Gasteiger partial charge is 0.514 e. The van der Waals surface area contributed by atoms with Crippen LogP contribution in [0, 0.1) is 0 Å². The van der Waals surface area contributed by atoms with E-state index < -0.39 is 0 Å². The fourth-order valence-corrected chi connectivity index (χ4v) is 0.877. The van der Waals surface area contributed by atoms with Gasteiger partial charge in [0.1, 0.15) is 0 Å². The van der Waals surface area contributed by atoms with Gasteiger partial charge in [0, 0.05) is 12.1 Å². The molecule has 58 valence electrons. The van der Waals surface area contributed by atoms with Gasteiger partial charge >= 0.3 is 0 Å². The molecular weight excluding hydrogens is 138 g/mol. The number of aliphatic hydroxyl groups is 1. The summed E-state index contributed by atoms with van der Waals surface area (Å²) in [5.74, 6) is 0. The molecular formula is C9H11NO. The van der Waals surface area contributed by atoms with Gasteiger partial charge < -0.3 is 10.8 Å². The van der Waals surface area contributed by atoms with Crippen LogP contribution < -0.4 is 5.73 Å². The number of rotatable bonds is 2. The van der Waals surface area contributed by atoms with Crippen molar-refractivity contribution in [3.05, 3.63) is 47.9 Å². The van der Waals surface area contributed by atoms with Crippen LogP contribution in [0.2, 0.25) is 0 Å². The predicted octanol–water partition coefficient (Wildman–Crippen LogP) is 1.59. The van der Waals surface area contributed by atoms with Crippen LogP contribution in [0.1, 0.15) is 5.56 Å². The van der Waals surface area contributed by atoms with Crippen molar-refractivity contribution in [1.29, 1.82) is 0 Å². The maximum atomic E-state index is 8.51. The molecule has 0 radical (unpaired) electrons.